The summed E-state index contributed by atoms with van der Waals surface area (Å²) in [6.45, 7) is 5.95. The summed E-state index contributed by atoms with van der Waals surface area (Å²) in [5, 5.41) is 2.99. The Morgan fingerprint density at radius 3 is 2.03 bits per heavy atom. The monoisotopic (exact) mass is 436 g/mol. The van der Waals surface area contributed by atoms with Gasteiger partial charge in [-0.3, -0.25) is 9.10 Å². The maximum atomic E-state index is 12.6. The number of rotatable bonds is 7. The van der Waals surface area contributed by atoms with Gasteiger partial charge in [-0.2, -0.15) is 0 Å². The summed E-state index contributed by atoms with van der Waals surface area (Å²) in [5.74, 6) is -0.169. The molecule has 6 heteroatoms. The Labute approximate surface area is 184 Å². The molecule has 0 saturated carbocycles. The molecule has 0 spiro atoms. The van der Waals surface area contributed by atoms with Crippen molar-refractivity contribution in [1.29, 1.82) is 0 Å². The molecular formula is C25H28N2O3S. The number of nitrogens with one attached hydrogen (secondary N) is 1. The second kappa shape index (κ2) is 9.35. The van der Waals surface area contributed by atoms with Gasteiger partial charge in [0.05, 0.1) is 24.5 Å². The Morgan fingerprint density at radius 1 is 0.903 bits per heavy atom. The van der Waals surface area contributed by atoms with Crippen LogP contribution in [-0.2, 0) is 16.6 Å². The maximum Gasteiger partial charge on any atom is 0.251 e. The van der Waals surface area contributed by atoms with E-state index >= 15 is 0 Å². The lowest BCUT2D eigenvalue weighted by Crippen LogP contribution is -2.30. The third kappa shape index (κ3) is 5.52. The lowest BCUT2D eigenvalue weighted by molar-refractivity contribution is 0.0940. The van der Waals surface area contributed by atoms with Gasteiger partial charge in [-0.15, -0.1) is 0 Å². The van der Waals surface area contributed by atoms with E-state index in [2.05, 4.69) is 5.32 Å². The van der Waals surface area contributed by atoms with Gasteiger partial charge >= 0.3 is 0 Å². The number of anilines is 1. The van der Waals surface area contributed by atoms with Gasteiger partial charge in [-0.25, -0.2) is 8.42 Å². The van der Waals surface area contributed by atoms with Crippen molar-refractivity contribution in [3.8, 4) is 0 Å². The molecule has 5 nitrogen and oxygen atoms in total. The summed E-state index contributed by atoms with van der Waals surface area (Å²) >= 11 is 0. The molecule has 0 aliphatic carbocycles. The quantitative estimate of drug-likeness (QED) is 0.581. The van der Waals surface area contributed by atoms with Crippen molar-refractivity contribution in [1.82, 2.24) is 5.32 Å². The Kier molecular flexibility index (Phi) is 6.81. The van der Waals surface area contributed by atoms with Crippen LogP contribution in [0.1, 0.15) is 45.6 Å². The molecule has 0 saturated heterocycles. The average molecular weight is 437 g/mol. The van der Waals surface area contributed by atoms with E-state index in [-0.39, 0.29) is 18.5 Å². The van der Waals surface area contributed by atoms with Crippen molar-refractivity contribution >= 4 is 21.6 Å². The molecule has 3 aromatic carbocycles. The number of benzene rings is 3. The lowest BCUT2D eigenvalue weighted by Gasteiger charge is -2.26. The van der Waals surface area contributed by atoms with Crippen LogP contribution < -0.4 is 9.62 Å². The van der Waals surface area contributed by atoms with Crippen molar-refractivity contribution in [3.05, 3.63) is 101 Å². The third-order valence-electron chi connectivity index (χ3n) is 5.28. The molecule has 1 amide bonds. The summed E-state index contributed by atoms with van der Waals surface area (Å²) in [7, 11) is -3.48. The third-order valence-corrected chi connectivity index (χ3v) is 6.39. The molecule has 0 aromatic heterocycles. The number of hydrogen-bond acceptors (Lipinski definition) is 3. The Bertz CT molecular complexity index is 1140. The van der Waals surface area contributed by atoms with Gasteiger partial charge in [0.25, 0.3) is 5.91 Å². The number of hydrogen-bond donors (Lipinski definition) is 1. The van der Waals surface area contributed by atoms with E-state index in [0.29, 0.717) is 11.3 Å². The number of nitrogens with zero attached hydrogens (tertiary/aromatic N) is 1. The molecule has 162 valence electrons. The first kappa shape index (κ1) is 22.6. The maximum absolute atomic E-state index is 12.6. The fraction of sp³-hybridized carbons (Fsp3) is 0.240. The standard InChI is InChI=1S/C25H28N2O3S/c1-18-9-8-10-19(2)24(18)27(31(4,29)30)17-21-13-15-23(16-14-21)25(28)26-20(3)22-11-6-5-7-12-22/h5-16,20H,17H2,1-4H3,(H,26,28)/t20-/m0/s1. The molecule has 3 rings (SSSR count). The smallest absolute Gasteiger partial charge is 0.251 e. The minimum Gasteiger partial charge on any atom is -0.346 e. The van der Waals surface area contributed by atoms with Crippen LogP contribution in [0.3, 0.4) is 0 Å². The summed E-state index contributed by atoms with van der Waals surface area (Å²) in [4.78, 5) is 12.6. The first-order chi connectivity index (χ1) is 14.7. The molecule has 0 radical (unpaired) electrons. The van der Waals surface area contributed by atoms with Gasteiger partial charge in [0.1, 0.15) is 0 Å². The van der Waals surface area contributed by atoms with E-state index in [1.165, 1.54) is 10.6 Å². The highest BCUT2D eigenvalue weighted by atomic mass is 32.2. The first-order valence-electron chi connectivity index (χ1n) is 10.2. The van der Waals surface area contributed by atoms with Crippen LogP contribution in [0.2, 0.25) is 0 Å². The zero-order chi connectivity index (χ0) is 22.6. The van der Waals surface area contributed by atoms with E-state index in [9.17, 15) is 13.2 Å². The van der Waals surface area contributed by atoms with Gasteiger partial charge in [0, 0.05) is 5.56 Å². The van der Waals surface area contributed by atoms with Crippen molar-refractivity contribution in [3.63, 3.8) is 0 Å². The van der Waals surface area contributed by atoms with E-state index in [1.54, 1.807) is 24.3 Å². The van der Waals surface area contributed by atoms with Gasteiger partial charge in [-0.05, 0) is 55.2 Å². The summed E-state index contributed by atoms with van der Waals surface area (Å²) in [5.41, 5.74) is 4.87. The molecule has 0 aliphatic heterocycles. The number of sulfonamides is 1. The molecule has 1 atom stereocenters. The minimum atomic E-state index is -3.48. The molecular weight excluding hydrogens is 408 g/mol. The second-order valence-corrected chi connectivity index (χ2v) is 9.72. The summed E-state index contributed by atoms with van der Waals surface area (Å²) in [6.07, 6.45) is 1.21. The molecule has 1 N–H and O–H groups in total. The van der Waals surface area contributed by atoms with Gasteiger partial charge in [0.15, 0.2) is 0 Å². The SMILES string of the molecule is Cc1cccc(C)c1N(Cc1ccc(C(=O)N[C@@H](C)c2ccccc2)cc1)S(C)(=O)=O. The lowest BCUT2D eigenvalue weighted by atomic mass is 10.1. The zero-order valence-corrected chi connectivity index (χ0v) is 19.1. The molecule has 31 heavy (non-hydrogen) atoms. The Morgan fingerprint density at radius 2 is 1.48 bits per heavy atom. The van der Waals surface area contributed by atoms with Gasteiger partial charge in [0.2, 0.25) is 10.0 Å². The van der Waals surface area contributed by atoms with Crippen LogP contribution >= 0.6 is 0 Å². The summed E-state index contributed by atoms with van der Waals surface area (Å²) < 4.78 is 26.5. The number of para-hydroxylation sites is 1. The van der Waals surface area contributed by atoms with E-state index < -0.39 is 10.0 Å². The topological polar surface area (TPSA) is 66.5 Å². The van der Waals surface area contributed by atoms with Crippen LogP contribution in [0, 0.1) is 13.8 Å². The first-order valence-corrected chi connectivity index (χ1v) is 12.0. The van der Waals surface area contributed by atoms with Crippen molar-refractivity contribution in [2.75, 3.05) is 10.6 Å². The van der Waals surface area contributed by atoms with Crippen LogP contribution in [0.25, 0.3) is 0 Å². The molecule has 0 aliphatic rings. The van der Waals surface area contributed by atoms with Crippen LogP contribution in [-0.4, -0.2) is 20.6 Å². The molecule has 0 bridgehead atoms. The van der Waals surface area contributed by atoms with Crippen molar-refractivity contribution in [2.24, 2.45) is 0 Å². The summed E-state index contributed by atoms with van der Waals surface area (Å²) in [6, 6.07) is 22.4. The number of amides is 1. The average Bonchev–Trinajstić information content (AvgIpc) is 2.73. The fourth-order valence-electron chi connectivity index (χ4n) is 3.59. The number of carbonyl (C=O) groups excluding carboxylic acids is 1. The molecule has 0 heterocycles. The second-order valence-electron chi connectivity index (χ2n) is 7.81. The largest absolute Gasteiger partial charge is 0.346 e. The number of carbonyl (C=O) groups is 1. The van der Waals surface area contributed by atoms with Crippen molar-refractivity contribution in [2.45, 2.75) is 33.4 Å². The van der Waals surface area contributed by atoms with Gasteiger partial charge in [-0.1, -0.05) is 60.7 Å². The van der Waals surface area contributed by atoms with E-state index in [1.807, 2.05) is 69.3 Å². The highest BCUT2D eigenvalue weighted by molar-refractivity contribution is 7.92. The number of aryl methyl sites for hydroxylation is 2. The van der Waals surface area contributed by atoms with Crippen LogP contribution in [0.5, 0.6) is 0 Å². The normalized spacial score (nSPS) is 12.3. The highest BCUT2D eigenvalue weighted by Crippen LogP contribution is 2.28. The minimum absolute atomic E-state index is 0.113. The molecule has 0 unspecified atom stereocenters. The van der Waals surface area contributed by atoms with E-state index in [4.69, 9.17) is 0 Å². The molecule has 0 fully saturated rings. The Hall–Kier alpha value is -3.12. The zero-order valence-electron chi connectivity index (χ0n) is 18.3. The Balaban J connectivity index is 1.78. The highest BCUT2D eigenvalue weighted by Gasteiger charge is 2.21. The van der Waals surface area contributed by atoms with Crippen LogP contribution in [0.15, 0.2) is 72.8 Å². The van der Waals surface area contributed by atoms with E-state index in [0.717, 1.165) is 22.3 Å². The van der Waals surface area contributed by atoms with Crippen LogP contribution in [0.4, 0.5) is 5.69 Å². The molecule has 3 aromatic rings. The predicted molar refractivity (Wildman–Crippen MR) is 126 cm³/mol. The van der Waals surface area contributed by atoms with Crippen molar-refractivity contribution < 1.29 is 13.2 Å². The van der Waals surface area contributed by atoms with Gasteiger partial charge < -0.3 is 5.32 Å². The fourth-order valence-corrected chi connectivity index (χ4v) is 4.60. The predicted octanol–water partition coefficient (Wildman–Crippen LogP) is 4.76.